The van der Waals surface area contributed by atoms with Gasteiger partial charge in [0.1, 0.15) is 22.5 Å². The van der Waals surface area contributed by atoms with Crippen molar-refractivity contribution in [2.24, 2.45) is 0 Å². The van der Waals surface area contributed by atoms with Gasteiger partial charge in [0.2, 0.25) is 0 Å². The second kappa shape index (κ2) is 5.38. The molecule has 2 N–H and O–H groups in total. The Bertz CT molecular complexity index is 734. The molecular formula is C11H6ClN5O3. The number of rotatable bonds is 3. The van der Waals surface area contributed by atoms with Crippen LogP contribution in [0.3, 0.4) is 0 Å². The summed E-state index contributed by atoms with van der Waals surface area (Å²) in [6.07, 6.45) is 1.26. The molecule has 2 rings (SSSR count). The van der Waals surface area contributed by atoms with Gasteiger partial charge >= 0.3 is 0 Å². The van der Waals surface area contributed by atoms with Crippen LogP contribution in [0.15, 0.2) is 24.4 Å². The van der Waals surface area contributed by atoms with E-state index < -0.39 is 10.8 Å². The van der Waals surface area contributed by atoms with E-state index in [1.807, 2.05) is 6.07 Å². The first kappa shape index (κ1) is 13.5. The minimum Gasteiger partial charge on any atom is -0.306 e. The Morgan fingerprint density at radius 3 is 2.90 bits per heavy atom. The number of H-pyrrole nitrogens is 1. The lowest BCUT2D eigenvalue weighted by Crippen LogP contribution is -2.13. The fourth-order valence-electron chi connectivity index (χ4n) is 1.45. The maximum Gasteiger partial charge on any atom is 0.287 e. The van der Waals surface area contributed by atoms with Gasteiger partial charge in [-0.15, -0.1) is 0 Å². The first-order chi connectivity index (χ1) is 9.52. The zero-order chi connectivity index (χ0) is 14.7. The zero-order valence-corrected chi connectivity index (χ0v) is 10.5. The first-order valence-electron chi connectivity index (χ1n) is 5.21. The fourth-order valence-corrected chi connectivity index (χ4v) is 1.70. The molecule has 1 amide bonds. The monoisotopic (exact) mass is 291 g/mol. The van der Waals surface area contributed by atoms with Crippen molar-refractivity contribution in [3.8, 4) is 6.07 Å². The number of hydrogen-bond donors (Lipinski definition) is 2. The van der Waals surface area contributed by atoms with Crippen molar-refractivity contribution < 1.29 is 9.72 Å². The third-order valence-electron chi connectivity index (χ3n) is 2.40. The molecule has 0 saturated heterocycles. The molecule has 0 bridgehead atoms. The van der Waals surface area contributed by atoms with Crippen molar-refractivity contribution in [3.05, 3.63) is 50.7 Å². The van der Waals surface area contributed by atoms with Gasteiger partial charge in [-0.3, -0.25) is 20.0 Å². The molecule has 0 fully saturated rings. The molecule has 0 radical (unpaired) electrons. The molecule has 8 nitrogen and oxygen atoms in total. The summed E-state index contributed by atoms with van der Waals surface area (Å²) < 4.78 is 0. The van der Waals surface area contributed by atoms with E-state index in [2.05, 4.69) is 15.5 Å². The molecule has 0 aliphatic heterocycles. The fraction of sp³-hybridized carbons (Fsp3) is 0. The summed E-state index contributed by atoms with van der Waals surface area (Å²) in [5.74, 6) is -0.422. The number of amides is 1. The van der Waals surface area contributed by atoms with E-state index in [9.17, 15) is 14.9 Å². The van der Waals surface area contributed by atoms with Gasteiger partial charge in [0, 0.05) is 11.6 Å². The highest BCUT2D eigenvalue weighted by molar-refractivity contribution is 6.33. The third-order valence-corrected chi connectivity index (χ3v) is 2.71. The van der Waals surface area contributed by atoms with Gasteiger partial charge in [0.15, 0.2) is 0 Å². The number of nitriles is 1. The van der Waals surface area contributed by atoms with E-state index >= 15 is 0 Å². The molecule has 0 aliphatic rings. The van der Waals surface area contributed by atoms with Crippen molar-refractivity contribution in [1.29, 1.82) is 5.26 Å². The van der Waals surface area contributed by atoms with Gasteiger partial charge in [-0.1, -0.05) is 11.6 Å². The largest absolute Gasteiger partial charge is 0.306 e. The van der Waals surface area contributed by atoms with E-state index in [1.54, 1.807) is 0 Å². The highest BCUT2D eigenvalue weighted by Crippen LogP contribution is 2.25. The summed E-state index contributed by atoms with van der Waals surface area (Å²) in [6, 6.07) is 5.42. The van der Waals surface area contributed by atoms with Crippen LogP contribution in [-0.2, 0) is 0 Å². The molecule has 0 atom stereocenters. The maximum absolute atomic E-state index is 11.9. The minimum absolute atomic E-state index is 0.124. The summed E-state index contributed by atoms with van der Waals surface area (Å²) in [5, 5.41) is 27.7. The van der Waals surface area contributed by atoms with E-state index in [4.69, 9.17) is 16.9 Å². The predicted octanol–water partition coefficient (Wildman–Crippen LogP) is 2.10. The molecule has 0 aliphatic carbocycles. The van der Waals surface area contributed by atoms with Crippen LogP contribution in [0.4, 0.5) is 11.5 Å². The lowest BCUT2D eigenvalue weighted by Gasteiger charge is -2.03. The molecule has 1 aromatic heterocycles. The molecule has 1 aromatic carbocycles. The highest BCUT2D eigenvalue weighted by atomic mass is 35.5. The average Bonchev–Trinajstić information content (AvgIpc) is 2.85. The number of benzene rings is 1. The van der Waals surface area contributed by atoms with Gasteiger partial charge in [0.05, 0.1) is 11.1 Å². The number of nitrogens with one attached hydrogen (secondary N) is 2. The van der Waals surface area contributed by atoms with Crippen LogP contribution in [0.2, 0.25) is 5.02 Å². The Morgan fingerprint density at radius 1 is 1.55 bits per heavy atom. The number of nitro benzene ring substituents is 1. The molecule has 0 spiro atoms. The minimum atomic E-state index is -0.646. The number of nitro groups is 1. The van der Waals surface area contributed by atoms with Crippen LogP contribution in [0.1, 0.15) is 15.9 Å². The molecule has 9 heteroatoms. The summed E-state index contributed by atoms with van der Waals surface area (Å²) in [4.78, 5) is 21.9. The second-order valence-corrected chi connectivity index (χ2v) is 4.06. The van der Waals surface area contributed by atoms with Crippen molar-refractivity contribution in [2.75, 3.05) is 5.32 Å². The number of carbonyl (C=O) groups excluding carboxylic acids is 1. The Kier molecular flexibility index (Phi) is 3.63. The summed E-state index contributed by atoms with van der Waals surface area (Å²) in [7, 11) is 0. The Balaban J connectivity index is 2.24. The smallest absolute Gasteiger partial charge is 0.287 e. The van der Waals surface area contributed by atoms with Crippen LogP contribution >= 0.6 is 11.6 Å². The van der Waals surface area contributed by atoms with Gasteiger partial charge < -0.3 is 5.32 Å². The third kappa shape index (κ3) is 2.57. The Morgan fingerprint density at radius 2 is 2.30 bits per heavy atom. The zero-order valence-electron chi connectivity index (χ0n) is 9.75. The first-order valence-corrected chi connectivity index (χ1v) is 5.59. The SMILES string of the molecule is N#Cc1cn[nH]c1NC(=O)c1ccc([N+](=O)[O-])c(Cl)c1. The van der Waals surface area contributed by atoms with E-state index in [0.717, 1.165) is 6.07 Å². The number of nitrogens with zero attached hydrogens (tertiary/aromatic N) is 3. The molecule has 0 unspecified atom stereocenters. The number of halogens is 1. The van der Waals surface area contributed by atoms with Crippen molar-refractivity contribution in [1.82, 2.24) is 10.2 Å². The summed E-state index contributed by atoms with van der Waals surface area (Å²) >= 11 is 5.71. The number of aromatic amines is 1. The Hall–Kier alpha value is -2.92. The maximum atomic E-state index is 11.9. The standard InChI is InChI=1S/C11H6ClN5O3/c12-8-3-6(1-2-9(8)17(19)20)11(18)15-10-7(4-13)5-14-16-10/h1-3,5H,(H2,14,15,16,18). The van der Waals surface area contributed by atoms with Crippen LogP contribution in [0.25, 0.3) is 0 Å². The lowest BCUT2D eigenvalue weighted by molar-refractivity contribution is -0.384. The average molecular weight is 292 g/mol. The number of anilines is 1. The van der Waals surface area contributed by atoms with Gasteiger partial charge in [-0.05, 0) is 12.1 Å². The van der Waals surface area contributed by atoms with E-state index in [1.165, 1.54) is 18.3 Å². The van der Waals surface area contributed by atoms with Crippen LogP contribution < -0.4 is 5.32 Å². The molecule has 0 saturated carbocycles. The molecule has 20 heavy (non-hydrogen) atoms. The van der Waals surface area contributed by atoms with Crippen molar-refractivity contribution in [3.63, 3.8) is 0 Å². The van der Waals surface area contributed by atoms with Crippen LogP contribution in [0.5, 0.6) is 0 Å². The highest BCUT2D eigenvalue weighted by Gasteiger charge is 2.16. The summed E-state index contributed by atoms with van der Waals surface area (Å²) in [5.41, 5.74) is 0.00733. The van der Waals surface area contributed by atoms with Crippen LogP contribution in [0, 0.1) is 21.4 Å². The van der Waals surface area contributed by atoms with Crippen molar-refractivity contribution >= 4 is 29.0 Å². The normalized spacial score (nSPS) is 9.80. The summed E-state index contributed by atoms with van der Waals surface area (Å²) in [6.45, 7) is 0. The van der Waals surface area contributed by atoms with Gasteiger partial charge in [-0.25, -0.2) is 0 Å². The van der Waals surface area contributed by atoms with E-state index in [-0.39, 0.29) is 27.7 Å². The molecule has 1 heterocycles. The number of hydrogen-bond acceptors (Lipinski definition) is 5. The van der Waals surface area contributed by atoms with Crippen LogP contribution in [-0.4, -0.2) is 21.0 Å². The molecule has 100 valence electrons. The lowest BCUT2D eigenvalue weighted by atomic mass is 10.2. The topological polar surface area (TPSA) is 125 Å². The molecular weight excluding hydrogens is 286 g/mol. The quantitative estimate of drug-likeness (QED) is 0.661. The van der Waals surface area contributed by atoms with Gasteiger partial charge in [-0.2, -0.15) is 10.4 Å². The van der Waals surface area contributed by atoms with Crippen molar-refractivity contribution in [2.45, 2.75) is 0 Å². The molecule has 2 aromatic rings. The van der Waals surface area contributed by atoms with Gasteiger partial charge in [0.25, 0.3) is 11.6 Å². The van der Waals surface area contributed by atoms with E-state index in [0.29, 0.717) is 0 Å². The number of carbonyl (C=O) groups is 1. The number of aromatic nitrogens is 2. The predicted molar refractivity (Wildman–Crippen MR) is 69.4 cm³/mol. The second-order valence-electron chi connectivity index (χ2n) is 3.65. The Labute approximate surface area is 117 Å².